The van der Waals surface area contributed by atoms with Gasteiger partial charge in [0.1, 0.15) is 0 Å². The number of primary amides is 1. The second-order valence-corrected chi connectivity index (χ2v) is 4.79. The minimum Gasteiger partial charge on any atom is -0.399 e. The molecule has 2 rings (SSSR count). The van der Waals surface area contributed by atoms with Gasteiger partial charge < -0.3 is 21.1 Å². The van der Waals surface area contributed by atoms with Crippen LogP contribution in [0.1, 0.15) is 24.2 Å². The van der Waals surface area contributed by atoms with Gasteiger partial charge in [0.15, 0.2) is 0 Å². The number of ether oxygens (including phenoxy) is 1. The third kappa shape index (κ3) is 2.41. The maximum atomic E-state index is 11.5. The molecule has 2 atom stereocenters. The number of benzene rings is 1. The summed E-state index contributed by atoms with van der Waals surface area (Å²) in [6.45, 7) is 5.42. The van der Waals surface area contributed by atoms with Gasteiger partial charge in [-0.1, -0.05) is 0 Å². The number of carbonyl (C=O) groups excluding carboxylic acids is 1. The maximum absolute atomic E-state index is 11.5. The van der Waals surface area contributed by atoms with Crippen LogP contribution in [0.5, 0.6) is 0 Å². The summed E-state index contributed by atoms with van der Waals surface area (Å²) in [7, 11) is 0. The summed E-state index contributed by atoms with van der Waals surface area (Å²) >= 11 is 0. The highest BCUT2D eigenvalue weighted by atomic mass is 16.5. The van der Waals surface area contributed by atoms with Crippen molar-refractivity contribution in [1.29, 1.82) is 0 Å². The van der Waals surface area contributed by atoms with Crippen molar-refractivity contribution in [3.63, 3.8) is 0 Å². The van der Waals surface area contributed by atoms with Gasteiger partial charge in [-0.2, -0.15) is 0 Å². The van der Waals surface area contributed by atoms with Gasteiger partial charge >= 0.3 is 0 Å². The number of anilines is 2. The molecule has 1 aromatic rings. The zero-order valence-corrected chi connectivity index (χ0v) is 10.7. The van der Waals surface area contributed by atoms with E-state index in [-0.39, 0.29) is 12.1 Å². The third-order valence-corrected chi connectivity index (χ3v) is 3.20. The number of rotatable bonds is 2. The molecular formula is C13H19N3O2. The van der Waals surface area contributed by atoms with Crippen LogP contribution < -0.4 is 16.4 Å². The minimum atomic E-state index is -0.434. The molecule has 0 bridgehead atoms. The van der Waals surface area contributed by atoms with E-state index in [1.165, 1.54) is 0 Å². The van der Waals surface area contributed by atoms with Crippen LogP contribution in [0.15, 0.2) is 18.2 Å². The van der Waals surface area contributed by atoms with E-state index in [0.717, 1.165) is 12.2 Å². The molecule has 4 N–H and O–H groups in total. The predicted molar refractivity (Wildman–Crippen MR) is 71.6 cm³/mol. The lowest BCUT2D eigenvalue weighted by molar-refractivity contribution is 0.0343. The summed E-state index contributed by atoms with van der Waals surface area (Å²) in [4.78, 5) is 13.6. The number of nitrogens with two attached hydrogens (primary N) is 2. The monoisotopic (exact) mass is 249 g/mol. The first-order valence-corrected chi connectivity index (χ1v) is 6.06. The molecule has 1 saturated heterocycles. The lowest BCUT2D eigenvalue weighted by atomic mass is 10.1. The van der Waals surface area contributed by atoms with E-state index in [4.69, 9.17) is 16.2 Å². The van der Waals surface area contributed by atoms with Gasteiger partial charge in [-0.05, 0) is 32.0 Å². The minimum absolute atomic E-state index is 0.128. The number of hydrogen-bond acceptors (Lipinski definition) is 4. The van der Waals surface area contributed by atoms with E-state index in [2.05, 4.69) is 11.8 Å². The van der Waals surface area contributed by atoms with Crippen molar-refractivity contribution in [1.82, 2.24) is 0 Å². The molecule has 0 spiro atoms. The highest BCUT2D eigenvalue weighted by Crippen LogP contribution is 2.27. The van der Waals surface area contributed by atoms with Crippen LogP contribution in [0.4, 0.5) is 11.4 Å². The van der Waals surface area contributed by atoms with Crippen molar-refractivity contribution in [3.8, 4) is 0 Å². The normalized spacial score (nSPS) is 24.0. The highest BCUT2D eigenvalue weighted by Gasteiger charge is 2.26. The third-order valence-electron chi connectivity index (χ3n) is 3.20. The lowest BCUT2D eigenvalue weighted by Gasteiger charge is -2.39. The molecule has 1 heterocycles. The molecule has 98 valence electrons. The van der Waals surface area contributed by atoms with Crippen molar-refractivity contribution in [2.45, 2.75) is 26.0 Å². The number of morpholine rings is 1. The van der Waals surface area contributed by atoms with Gasteiger partial charge in [0.05, 0.1) is 24.0 Å². The largest absolute Gasteiger partial charge is 0.399 e. The molecule has 5 nitrogen and oxygen atoms in total. The zero-order valence-electron chi connectivity index (χ0n) is 10.7. The Kier molecular flexibility index (Phi) is 3.43. The van der Waals surface area contributed by atoms with E-state index in [9.17, 15) is 4.79 Å². The topological polar surface area (TPSA) is 81.6 Å². The molecule has 0 aromatic heterocycles. The Bertz CT molecular complexity index is 462. The fourth-order valence-corrected chi connectivity index (χ4v) is 2.23. The number of carbonyl (C=O) groups is 1. The molecule has 0 aliphatic carbocycles. The summed E-state index contributed by atoms with van der Waals surface area (Å²) in [5, 5.41) is 0. The molecule has 1 aliphatic rings. The Morgan fingerprint density at radius 2 is 2.17 bits per heavy atom. The Labute approximate surface area is 107 Å². The van der Waals surface area contributed by atoms with Crippen LogP contribution in [0.2, 0.25) is 0 Å². The second kappa shape index (κ2) is 4.86. The standard InChI is InChI=1S/C13H19N3O2/c1-8-7-18-9(2)6-16(8)12-5-10(14)3-4-11(12)13(15)17/h3-5,8-9H,6-7,14H2,1-2H3,(H2,15,17). The molecule has 0 saturated carbocycles. The molecule has 1 aliphatic heterocycles. The van der Waals surface area contributed by atoms with Gasteiger partial charge in [0.2, 0.25) is 0 Å². The maximum Gasteiger partial charge on any atom is 0.250 e. The quantitative estimate of drug-likeness (QED) is 0.765. The number of hydrogen-bond donors (Lipinski definition) is 2. The van der Waals surface area contributed by atoms with Crippen molar-refractivity contribution >= 4 is 17.3 Å². The van der Waals surface area contributed by atoms with E-state index in [0.29, 0.717) is 17.9 Å². The molecule has 1 amide bonds. The zero-order chi connectivity index (χ0) is 13.3. The fraction of sp³-hybridized carbons (Fsp3) is 0.462. The number of amides is 1. The Morgan fingerprint density at radius 3 is 2.83 bits per heavy atom. The van der Waals surface area contributed by atoms with Gasteiger partial charge in [0, 0.05) is 18.3 Å². The second-order valence-electron chi connectivity index (χ2n) is 4.79. The first kappa shape index (κ1) is 12.7. The van der Waals surface area contributed by atoms with Crippen LogP contribution in [0.3, 0.4) is 0 Å². The first-order valence-electron chi connectivity index (χ1n) is 6.06. The lowest BCUT2D eigenvalue weighted by Crippen LogP contribution is -2.48. The summed E-state index contributed by atoms with van der Waals surface area (Å²) in [6.07, 6.45) is 0.128. The van der Waals surface area contributed by atoms with Crippen LogP contribution in [-0.2, 0) is 4.74 Å². The van der Waals surface area contributed by atoms with Crippen LogP contribution in [0, 0.1) is 0 Å². The van der Waals surface area contributed by atoms with E-state index in [1.54, 1.807) is 18.2 Å². The smallest absolute Gasteiger partial charge is 0.250 e. The molecule has 5 heteroatoms. The predicted octanol–water partition coefficient (Wildman–Crippen LogP) is 0.981. The van der Waals surface area contributed by atoms with Gasteiger partial charge in [-0.15, -0.1) is 0 Å². The van der Waals surface area contributed by atoms with E-state index < -0.39 is 5.91 Å². The van der Waals surface area contributed by atoms with Crippen molar-refractivity contribution in [2.75, 3.05) is 23.8 Å². The Balaban J connectivity index is 2.41. The SMILES string of the molecule is CC1CN(c2cc(N)ccc2C(N)=O)C(C)CO1. The first-order chi connectivity index (χ1) is 8.49. The van der Waals surface area contributed by atoms with Crippen molar-refractivity contribution < 1.29 is 9.53 Å². The molecule has 2 unspecified atom stereocenters. The van der Waals surface area contributed by atoms with E-state index >= 15 is 0 Å². The molecule has 18 heavy (non-hydrogen) atoms. The summed E-state index contributed by atoms with van der Waals surface area (Å²) in [5.41, 5.74) is 13.1. The van der Waals surface area contributed by atoms with Crippen LogP contribution in [-0.4, -0.2) is 31.2 Å². The van der Waals surface area contributed by atoms with Crippen LogP contribution in [0.25, 0.3) is 0 Å². The fourth-order valence-electron chi connectivity index (χ4n) is 2.23. The van der Waals surface area contributed by atoms with Crippen LogP contribution >= 0.6 is 0 Å². The Morgan fingerprint density at radius 1 is 1.44 bits per heavy atom. The highest BCUT2D eigenvalue weighted by molar-refractivity contribution is 5.99. The van der Waals surface area contributed by atoms with Crippen molar-refractivity contribution in [3.05, 3.63) is 23.8 Å². The summed E-state index contributed by atoms with van der Waals surface area (Å²) in [5.74, 6) is -0.434. The van der Waals surface area contributed by atoms with Gasteiger partial charge in [0.25, 0.3) is 5.91 Å². The average Bonchev–Trinajstić information content (AvgIpc) is 2.31. The summed E-state index contributed by atoms with van der Waals surface area (Å²) in [6, 6.07) is 5.37. The average molecular weight is 249 g/mol. The summed E-state index contributed by atoms with van der Waals surface area (Å²) < 4.78 is 5.58. The van der Waals surface area contributed by atoms with Gasteiger partial charge in [-0.25, -0.2) is 0 Å². The molecule has 1 fully saturated rings. The molecular weight excluding hydrogens is 230 g/mol. The molecule has 0 radical (unpaired) electrons. The Hall–Kier alpha value is -1.75. The van der Waals surface area contributed by atoms with E-state index in [1.807, 2.05) is 6.92 Å². The molecule has 1 aromatic carbocycles. The van der Waals surface area contributed by atoms with Crippen molar-refractivity contribution in [2.24, 2.45) is 5.73 Å². The number of nitrogen functional groups attached to an aromatic ring is 1. The number of nitrogens with zero attached hydrogens (tertiary/aromatic N) is 1. The van der Waals surface area contributed by atoms with Gasteiger partial charge in [-0.3, -0.25) is 4.79 Å².